The molecule has 8 heteroatoms. The van der Waals surface area contributed by atoms with E-state index in [1.165, 1.54) is 19.2 Å². The van der Waals surface area contributed by atoms with Gasteiger partial charge in [0, 0.05) is 18.5 Å². The second kappa shape index (κ2) is 7.45. The van der Waals surface area contributed by atoms with Crippen LogP contribution in [0.5, 0.6) is 5.75 Å². The third-order valence-corrected chi connectivity index (χ3v) is 4.97. The molecular weight excluding hydrogens is 342 g/mol. The van der Waals surface area contributed by atoms with Gasteiger partial charge in [0.1, 0.15) is 5.75 Å². The van der Waals surface area contributed by atoms with Crippen molar-refractivity contribution < 1.29 is 17.6 Å². The lowest BCUT2D eigenvalue weighted by Gasteiger charge is -2.06. The predicted molar refractivity (Wildman–Crippen MR) is 91.6 cm³/mol. The van der Waals surface area contributed by atoms with Crippen LogP contribution in [0.2, 0.25) is 0 Å². The Balaban J connectivity index is 1.59. The topological polar surface area (TPSA) is 94.3 Å². The van der Waals surface area contributed by atoms with Crippen LogP contribution in [-0.2, 0) is 16.4 Å². The van der Waals surface area contributed by atoms with Crippen LogP contribution in [0, 0.1) is 0 Å². The Labute approximate surface area is 145 Å². The Kier molecular flexibility index (Phi) is 5.11. The minimum absolute atomic E-state index is 0.158. The number of aromatic nitrogens is 2. The molecule has 0 saturated heterocycles. The molecule has 1 N–H and O–H groups in total. The van der Waals surface area contributed by atoms with Gasteiger partial charge in [-0.1, -0.05) is 18.2 Å². The molecule has 2 aromatic carbocycles. The molecule has 0 atom stereocenters. The second-order valence-corrected chi connectivity index (χ2v) is 6.96. The number of hydrogen-bond acceptors (Lipinski definition) is 6. The molecule has 0 spiro atoms. The van der Waals surface area contributed by atoms with Crippen LogP contribution in [0.15, 0.2) is 63.9 Å². The summed E-state index contributed by atoms with van der Waals surface area (Å²) in [6, 6.07) is 15.5. The summed E-state index contributed by atoms with van der Waals surface area (Å²) in [5.74, 6) is 1.38. The molecule has 130 valence electrons. The largest absolute Gasteiger partial charge is 0.497 e. The highest BCUT2D eigenvalue weighted by Crippen LogP contribution is 2.17. The first-order valence-corrected chi connectivity index (χ1v) is 9.08. The van der Waals surface area contributed by atoms with Crippen molar-refractivity contribution in [1.29, 1.82) is 0 Å². The summed E-state index contributed by atoms with van der Waals surface area (Å²) in [7, 11) is -2.07. The van der Waals surface area contributed by atoms with Gasteiger partial charge in [0.2, 0.25) is 21.8 Å². The van der Waals surface area contributed by atoms with E-state index in [4.69, 9.17) is 9.15 Å². The van der Waals surface area contributed by atoms with Gasteiger partial charge in [0.15, 0.2) is 0 Å². The Morgan fingerprint density at radius 2 is 1.76 bits per heavy atom. The summed E-state index contributed by atoms with van der Waals surface area (Å²) in [5.41, 5.74) is 0.820. The molecule has 0 bridgehead atoms. The number of sulfonamides is 1. The first-order valence-electron chi connectivity index (χ1n) is 7.60. The number of hydrogen-bond donors (Lipinski definition) is 1. The molecule has 0 aliphatic heterocycles. The Morgan fingerprint density at radius 1 is 1.04 bits per heavy atom. The zero-order valence-electron chi connectivity index (χ0n) is 13.5. The smallest absolute Gasteiger partial charge is 0.247 e. The monoisotopic (exact) mass is 359 g/mol. The van der Waals surface area contributed by atoms with E-state index < -0.39 is 10.0 Å². The minimum atomic E-state index is -3.60. The summed E-state index contributed by atoms with van der Waals surface area (Å²) in [4.78, 5) is 0.170. The third-order valence-electron chi connectivity index (χ3n) is 3.49. The van der Waals surface area contributed by atoms with Crippen molar-refractivity contribution >= 4 is 10.0 Å². The van der Waals surface area contributed by atoms with E-state index in [2.05, 4.69) is 14.9 Å². The van der Waals surface area contributed by atoms with Gasteiger partial charge < -0.3 is 9.15 Å². The zero-order valence-corrected chi connectivity index (χ0v) is 14.4. The molecule has 0 amide bonds. The van der Waals surface area contributed by atoms with Crippen LogP contribution in [0.4, 0.5) is 0 Å². The summed E-state index contributed by atoms with van der Waals surface area (Å²) >= 11 is 0. The van der Waals surface area contributed by atoms with Gasteiger partial charge in [-0.25, -0.2) is 13.1 Å². The van der Waals surface area contributed by atoms with E-state index in [0.29, 0.717) is 24.0 Å². The van der Waals surface area contributed by atoms with Gasteiger partial charge in [-0.3, -0.25) is 0 Å². The second-order valence-electron chi connectivity index (χ2n) is 5.19. The third kappa shape index (κ3) is 4.23. The number of benzene rings is 2. The molecule has 3 rings (SSSR count). The summed E-state index contributed by atoms with van der Waals surface area (Å²) in [5, 5.41) is 7.91. The molecule has 0 aliphatic rings. The van der Waals surface area contributed by atoms with Gasteiger partial charge in [-0.05, 0) is 36.4 Å². The van der Waals surface area contributed by atoms with E-state index in [-0.39, 0.29) is 11.4 Å². The van der Waals surface area contributed by atoms with Gasteiger partial charge in [0.05, 0.1) is 12.0 Å². The predicted octanol–water partition coefficient (Wildman–Crippen LogP) is 2.27. The van der Waals surface area contributed by atoms with Crippen LogP contribution in [0.1, 0.15) is 5.89 Å². The number of nitrogens with one attached hydrogen (secondary N) is 1. The first-order chi connectivity index (χ1) is 12.1. The first kappa shape index (κ1) is 17.1. The van der Waals surface area contributed by atoms with Crippen molar-refractivity contribution in [1.82, 2.24) is 14.9 Å². The van der Waals surface area contributed by atoms with Crippen molar-refractivity contribution in [2.45, 2.75) is 11.3 Å². The van der Waals surface area contributed by atoms with Crippen LogP contribution in [0.25, 0.3) is 11.5 Å². The van der Waals surface area contributed by atoms with E-state index >= 15 is 0 Å². The van der Waals surface area contributed by atoms with Crippen molar-refractivity contribution in [3.63, 3.8) is 0 Å². The molecular formula is C17H17N3O4S. The lowest BCUT2D eigenvalue weighted by atomic mass is 10.2. The molecule has 0 saturated carbocycles. The maximum Gasteiger partial charge on any atom is 0.247 e. The number of methoxy groups -OCH3 is 1. The van der Waals surface area contributed by atoms with Crippen LogP contribution in [-0.4, -0.2) is 32.3 Å². The molecule has 0 radical (unpaired) electrons. The standard InChI is InChI=1S/C17H17N3O4S/c1-23-14-7-9-15(10-8-14)25(21,22)18-12-11-16-19-20-17(24-16)13-5-3-2-4-6-13/h2-10,18H,11-12H2,1H3. The summed E-state index contributed by atoms with van der Waals surface area (Å²) in [6.45, 7) is 0.158. The normalized spacial score (nSPS) is 11.4. The summed E-state index contributed by atoms with van der Waals surface area (Å²) in [6.07, 6.45) is 0.301. The Morgan fingerprint density at radius 3 is 2.44 bits per heavy atom. The fourth-order valence-corrected chi connectivity index (χ4v) is 3.21. The molecule has 0 fully saturated rings. The van der Waals surface area contributed by atoms with E-state index in [1.54, 1.807) is 12.1 Å². The number of nitrogens with zero attached hydrogens (tertiary/aromatic N) is 2. The average molecular weight is 359 g/mol. The highest BCUT2D eigenvalue weighted by Gasteiger charge is 2.14. The molecule has 1 heterocycles. The molecule has 25 heavy (non-hydrogen) atoms. The van der Waals surface area contributed by atoms with Crippen LogP contribution in [0.3, 0.4) is 0 Å². The fraction of sp³-hybridized carbons (Fsp3) is 0.176. The van der Waals surface area contributed by atoms with E-state index in [0.717, 1.165) is 5.56 Å². The quantitative estimate of drug-likeness (QED) is 0.695. The molecule has 0 unspecified atom stereocenters. The maximum atomic E-state index is 12.2. The Hall–Kier alpha value is -2.71. The SMILES string of the molecule is COc1ccc(S(=O)(=O)NCCc2nnc(-c3ccccc3)o2)cc1. The lowest BCUT2D eigenvalue weighted by Crippen LogP contribution is -2.26. The number of ether oxygens (including phenoxy) is 1. The van der Waals surface area contributed by atoms with E-state index in [9.17, 15) is 8.42 Å². The fourth-order valence-electron chi connectivity index (χ4n) is 2.18. The lowest BCUT2D eigenvalue weighted by molar-refractivity contribution is 0.414. The van der Waals surface area contributed by atoms with Gasteiger partial charge >= 0.3 is 0 Å². The van der Waals surface area contributed by atoms with Crippen molar-refractivity contribution in [2.75, 3.05) is 13.7 Å². The van der Waals surface area contributed by atoms with Gasteiger partial charge in [-0.2, -0.15) is 0 Å². The van der Waals surface area contributed by atoms with Crippen LogP contribution >= 0.6 is 0 Å². The Bertz CT molecular complexity index is 922. The molecule has 3 aromatic rings. The van der Waals surface area contributed by atoms with E-state index in [1.807, 2.05) is 30.3 Å². The van der Waals surface area contributed by atoms with Gasteiger partial charge in [0.25, 0.3) is 0 Å². The zero-order chi connectivity index (χ0) is 17.7. The highest BCUT2D eigenvalue weighted by molar-refractivity contribution is 7.89. The molecule has 1 aromatic heterocycles. The maximum absolute atomic E-state index is 12.2. The molecule has 7 nitrogen and oxygen atoms in total. The van der Waals surface area contributed by atoms with Crippen LogP contribution < -0.4 is 9.46 Å². The average Bonchev–Trinajstić information content (AvgIpc) is 3.11. The number of rotatable bonds is 7. The molecule has 0 aliphatic carbocycles. The van der Waals surface area contributed by atoms with Crippen molar-refractivity contribution in [3.05, 3.63) is 60.5 Å². The van der Waals surface area contributed by atoms with Crippen molar-refractivity contribution in [3.8, 4) is 17.2 Å². The minimum Gasteiger partial charge on any atom is -0.497 e. The van der Waals surface area contributed by atoms with Crippen molar-refractivity contribution in [2.24, 2.45) is 0 Å². The summed E-state index contributed by atoms with van der Waals surface area (Å²) < 4.78 is 37.5. The highest BCUT2D eigenvalue weighted by atomic mass is 32.2. The van der Waals surface area contributed by atoms with Gasteiger partial charge in [-0.15, -0.1) is 10.2 Å².